The van der Waals surface area contributed by atoms with Crippen LogP contribution in [-0.4, -0.2) is 4.98 Å². The van der Waals surface area contributed by atoms with Crippen molar-refractivity contribution in [2.45, 2.75) is 6.92 Å². The molecule has 0 aliphatic rings. The van der Waals surface area contributed by atoms with Crippen LogP contribution in [-0.2, 0) is 0 Å². The molecule has 15 heavy (non-hydrogen) atoms. The Labute approximate surface area is 104 Å². The van der Waals surface area contributed by atoms with Crippen LogP contribution >= 0.6 is 34.2 Å². The summed E-state index contributed by atoms with van der Waals surface area (Å²) in [5.41, 5.74) is 0.806. The molecule has 0 spiro atoms. The number of hydrogen-bond acceptors (Lipinski definition) is 1. The third-order valence-electron chi connectivity index (χ3n) is 2.11. The number of benzene rings is 1. The van der Waals surface area contributed by atoms with Gasteiger partial charge in [-0.3, -0.25) is 4.98 Å². The number of nitrogens with zero attached hydrogens (tertiary/aromatic N) is 1. The van der Waals surface area contributed by atoms with Crippen molar-refractivity contribution in [3.8, 4) is 0 Å². The summed E-state index contributed by atoms with van der Waals surface area (Å²) in [4.78, 5) is 3.91. The summed E-state index contributed by atoms with van der Waals surface area (Å²) >= 11 is 7.55. The number of aromatic nitrogens is 1. The molecule has 0 bridgehead atoms. The third-order valence-corrected chi connectivity index (χ3v) is 3.60. The molecule has 78 valence electrons. The van der Waals surface area contributed by atoms with Crippen LogP contribution in [0.1, 0.15) is 5.56 Å². The number of halogens is 4. The molecule has 5 heteroatoms. The van der Waals surface area contributed by atoms with E-state index < -0.39 is 11.6 Å². The smallest absolute Gasteiger partial charge is 0.165 e. The lowest BCUT2D eigenvalue weighted by Gasteiger charge is -2.06. The Hall–Kier alpha value is -0.490. The minimum absolute atomic E-state index is 0.0625. The van der Waals surface area contributed by atoms with E-state index >= 15 is 0 Å². The largest absolute Gasteiger partial charge is 0.253 e. The van der Waals surface area contributed by atoms with Gasteiger partial charge in [0.1, 0.15) is 11.3 Å². The maximum atomic E-state index is 13.6. The number of rotatable bonds is 0. The molecule has 0 aliphatic heterocycles. The fraction of sp³-hybridized carbons (Fsp3) is 0.100. The Balaban J connectivity index is 2.98. The van der Waals surface area contributed by atoms with Gasteiger partial charge >= 0.3 is 0 Å². The van der Waals surface area contributed by atoms with Crippen molar-refractivity contribution in [1.29, 1.82) is 0 Å². The first-order valence-electron chi connectivity index (χ1n) is 4.10. The molecule has 0 saturated heterocycles. The van der Waals surface area contributed by atoms with Crippen molar-refractivity contribution in [3.63, 3.8) is 0 Å². The normalized spacial score (nSPS) is 11.0. The van der Waals surface area contributed by atoms with Gasteiger partial charge in [-0.25, -0.2) is 8.78 Å². The summed E-state index contributed by atoms with van der Waals surface area (Å²) in [6.07, 6.45) is 1.47. The predicted molar refractivity (Wildman–Crippen MR) is 64.1 cm³/mol. The molecule has 2 aromatic rings. The second-order valence-corrected chi connectivity index (χ2v) is 4.59. The van der Waals surface area contributed by atoms with Crippen LogP contribution in [0.4, 0.5) is 8.78 Å². The Morgan fingerprint density at radius 3 is 2.73 bits per heavy atom. The van der Waals surface area contributed by atoms with Crippen molar-refractivity contribution >= 4 is 45.1 Å². The first-order chi connectivity index (χ1) is 7.02. The molecule has 2 rings (SSSR count). The quantitative estimate of drug-likeness (QED) is 0.521. The lowest BCUT2D eigenvalue weighted by atomic mass is 10.1. The number of fused-ring (bicyclic) bond motifs is 1. The van der Waals surface area contributed by atoms with Crippen molar-refractivity contribution in [2.24, 2.45) is 0 Å². The van der Waals surface area contributed by atoms with E-state index in [9.17, 15) is 8.78 Å². The second-order valence-electron chi connectivity index (χ2n) is 3.14. The standard InChI is InChI=1S/C10H5ClF2IN/c1-4-3-15-10-5(7(4)11)2-6(12)9(14)8(10)13/h2-3H,1H3. The van der Waals surface area contributed by atoms with Crippen molar-refractivity contribution in [1.82, 2.24) is 4.98 Å². The molecule has 1 heterocycles. The molecule has 0 fully saturated rings. The SMILES string of the molecule is Cc1cnc2c(F)c(I)c(F)cc2c1Cl. The Bertz CT molecular complexity index is 557. The Morgan fingerprint density at radius 2 is 2.07 bits per heavy atom. The summed E-state index contributed by atoms with van der Waals surface area (Å²) in [5, 5.41) is 0.654. The molecule has 0 radical (unpaired) electrons. The summed E-state index contributed by atoms with van der Waals surface area (Å²) in [6, 6.07) is 1.21. The van der Waals surface area contributed by atoms with E-state index in [0.29, 0.717) is 16.0 Å². The highest BCUT2D eigenvalue weighted by molar-refractivity contribution is 14.1. The molecule has 0 aliphatic carbocycles. The zero-order valence-electron chi connectivity index (χ0n) is 7.61. The average Bonchev–Trinajstić information content (AvgIpc) is 2.21. The number of pyridine rings is 1. The fourth-order valence-electron chi connectivity index (χ4n) is 1.31. The van der Waals surface area contributed by atoms with Crippen LogP contribution < -0.4 is 0 Å². The summed E-state index contributed by atoms with van der Waals surface area (Å²) in [6.45, 7) is 1.74. The van der Waals surface area contributed by atoms with E-state index in [2.05, 4.69) is 4.98 Å². The van der Waals surface area contributed by atoms with E-state index in [0.717, 1.165) is 0 Å². The van der Waals surface area contributed by atoms with E-state index in [1.807, 2.05) is 0 Å². The Morgan fingerprint density at radius 1 is 1.40 bits per heavy atom. The molecule has 0 unspecified atom stereocenters. The van der Waals surface area contributed by atoms with Crippen molar-refractivity contribution < 1.29 is 8.78 Å². The average molecular weight is 340 g/mol. The molecular weight excluding hydrogens is 334 g/mol. The first-order valence-corrected chi connectivity index (χ1v) is 5.56. The van der Waals surface area contributed by atoms with Gasteiger partial charge in [0.25, 0.3) is 0 Å². The monoisotopic (exact) mass is 339 g/mol. The predicted octanol–water partition coefficient (Wildman–Crippen LogP) is 4.08. The van der Waals surface area contributed by atoms with Crippen LogP contribution in [0.15, 0.2) is 12.3 Å². The van der Waals surface area contributed by atoms with E-state index in [1.54, 1.807) is 29.5 Å². The highest BCUT2D eigenvalue weighted by Crippen LogP contribution is 2.30. The second kappa shape index (κ2) is 3.83. The van der Waals surface area contributed by atoms with Gasteiger partial charge < -0.3 is 0 Å². The maximum Gasteiger partial charge on any atom is 0.165 e. The number of hydrogen-bond donors (Lipinski definition) is 0. The maximum absolute atomic E-state index is 13.6. The summed E-state index contributed by atoms with van der Waals surface area (Å²) in [7, 11) is 0. The zero-order chi connectivity index (χ0) is 11.2. The van der Waals surface area contributed by atoms with Gasteiger partial charge in [0.2, 0.25) is 0 Å². The highest BCUT2D eigenvalue weighted by Gasteiger charge is 2.14. The zero-order valence-corrected chi connectivity index (χ0v) is 10.5. The lowest BCUT2D eigenvalue weighted by molar-refractivity contribution is 0.577. The van der Waals surface area contributed by atoms with Gasteiger partial charge in [0.15, 0.2) is 5.82 Å². The van der Waals surface area contributed by atoms with Crippen molar-refractivity contribution in [2.75, 3.05) is 0 Å². The molecule has 0 atom stereocenters. The van der Waals surface area contributed by atoms with Gasteiger partial charge in [0, 0.05) is 11.6 Å². The molecule has 0 N–H and O–H groups in total. The van der Waals surface area contributed by atoms with Crippen LogP contribution in [0.25, 0.3) is 10.9 Å². The topological polar surface area (TPSA) is 12.9 Å². The van der Waals surface area contributed by atoms with Gasteiger partial charge in [-0.2, -0.15) is 0 Å². The molecular formula is C10H5ClF2IN. The van der Waals surface area contributed by atoms with Gasteiger partial charge in [-0.15, -0.1) is 0 Å². The van der Waals surface area contributed by atoms with Gasteiger partial charge in [-0.1, -0.05) is 11.6 Å². The number of aryl methyl sites for hydroxylation is 1. The van der Waals surface area contributed by atoms with E-state index in [-0.39, 0.29) is 9.09 Å². The summed E-state index contributed by atoms with van der Waals surface area (Å²) < 4.78 is 26.8. The van der Waals surface area contributed by atoms with E-state index in [4.69, 9.17) is 11.6 Å². The minimum Gasteiger partial charge on any atom is -0.253 e. The first kappa shape index (κ1) is 11.0. The molecule has 1 aromatic heterocycles. The lowest BCUT2D eigenvalue weighted by Crippen LogP contribution is -1.94. The molecule has 0 amide bonds. The summed E-state index contributed by atoms with van der Waals surface area (Å²) in [5.74, 6) is -1.28. The fourth-order valence-corrected chi connectivity index (χ4v) is 1.91. The van der Waals surface area contributed by atoms with Crippen LogP contribution in [0.3, 0.4) is 0 Å². The Kier molecular flexibility index (Phi) is 2.81. The van der Waals surface area contributed by atoms with Crippen molar-refractivity contribution in [3.05, 3.63) is 38.1 Å². The van der Waals surface area contributed by atoms with Gasteiger partial charge in [-0.05, 0) is 41.1 Å². The molecule has 0 saturated carbocycles. The van der Waals surface area contributed by atoms with Gasteiger partial charge in [0.05, 0.1) is 8.59 Å². The van der Waals surface area contributed by atoms with E-state index in [1.165, 1.54) is 12.3 Å². The van der Waals surface area contributed by atoms with Crippen LogP contribution in [0, 0.1) is 22.1 Å². The minimum atomic E-state index is -0.660. The third kappa shape index (κ3) is 1.69. The molecule has 1 aromatic carbocycles. The molecule has 1 nitrogen and oxygen atoms in total. The van der Waals surface area contributed by atoms with Crippen LogP contribution in [0.2, 0.25) is 5.02 Å². The highest BCUT2D eigenvalue weighted by atomic mass is 127. The van der Waals surface area contributed by atoms with Crippen LogP contribution in [0.5, 0.6) is 0 Å².